The average Bonchev–Trinajstić information content (AvgIpc) is 3.00. The predicted molar refractivity (Wildman–Crippen MR) is 73.2 cm³/mol. The number of carboxylic acid groups (broad SMARTS) is 1. The van der Waals surface area contributed by atoms with Crippen molar-refractivity contribution < 1.29 is 14.7 Å². The van der Waals surface area contributed by atoms with Gasteiger partial charge in [-0.25, -0.2) is 4.79 Å². The second-order valence-corrected chi connectivity index (χ2v) is 4.26. The number of aromatic amines is 1. The summed E-state index contributed by atoms with van der Waals surface area (Å²) in [7, 11) is 0. The second kappa shape index (κ2) is 6.42. The van der Waals surface area contributed by atoms with Gasteiger partial charge in [-0.1, -0.05) is 17.3 Å². The number of benzene rings is 1. The molecule has 21 heavy (non-hydrogen) atoms. The van der Waals surface area contributed by atoms with Gasteiger partial charge in [0.1, 0.15) is 0 Å². The van der Waals surface area contributed by atoms with Gasteiger partial charge < -0.3 is 10.4 Å². The summed E-state index contributed by atoms with van der Waals surface area (Å²) in [6.45, 7) is 1.74. The van der Waals surface area contributed by atoms with E-state index in [1.807, 2.05) is 0 Å². The van der Waals surface area contributed by atoms with E-state index >= 15 is 0 Å². The van der Waals surface area contributed by atoms with Crippen LogP contribution in [0.25, 0.3) is 6.08 Å². The molecule has 1 amide bonds. The molecular weight excluding hydrogens is 274 g/mol. The molecule has 0 bridgehead atoms. The Hall–Kier alpha value is -3.03. The van der Waals surface area contributed by atoms with Crippen molar-refractivity contribution in [2.45, 2.75) is 13.0 Å². The Morgan fingerprint density at radius 2 is 2.05 bits per heavy atom. The molecule has 1 atom stereocenters. The normalized spacial score (nSPS) is 12.2. The van der Waals surface area contributed by atoms with E-state index in [1.165, 1.54) is 6.08 Å². The fourth-order valence-corrected chi connectivity index (χ4v) is 1.61. The van der Waals surface area contributed by atoms with E-state index in [0.717, 1.165) is 6.08 Å². The molecule has 1 heterocycles. The zero-order valence-electron chi connectivity index (χ0n) is 11.1. The van der Waals surface area contributed by atoms with E-state index in [-0.39, 0.29) is 11.9 Å². The van der Waals surface area contributed by atoms with Crippen LogP contribution in [-0.2, 0) is 4.79 Å². The largest absolute Gasteiger partial charge is 0.478 e. The van der Waals surface area contributed by atoms with Crippen LogP contribution in [0.5, 0.6) is 0 Å². The summed E-state index contributed by atoms with van der Waals surface area (Å²) in [4.78, 5) is 22.4. The molecule has 8 heteroatoms. The number of tetrazole rings is 1. The molecular formula is C13H13N5O3. The highest BCUT2D eigenvalue weighted by Crippen LogP contribution is 2.09. The Balaban J connectivity index is 2.01. The minimum atomic E-state index is -1.02. The van der Waals surface area contributed by atoms with Crippen LogP contribution in [-0.4, -0.2) is 37.6 Å². The standard InChI is InChI=1S/C13H13N5O3/c1-8(12-15-17-18-16-12)14-13(21)10-5-2-9(3-6-10)4-7-11(19)20/h2-8H,1H3,(H,14,21)(H,19,20)(H,15,16,17,18). The van der Waals surface area contributed by atoms with Gasteiger partial charge in [0.25, 0.3) is 5.91 Å². The molecule has 0 fully saturated rings. The topological polar surface area (TPSA) is 121 Å². The number of carboxylic acids is 1. The second-order valence-electron chi connectivity index (χ2n) is 4.26. The lowest BCUT2D eigenvalue weighted by molar-refractivity contribution is -0.131. The van der Waals surface area contributed by atoms with Gasteiger partial charge in [-0.2, -0.15) is 5.21 Å². The molecule has 1 unspecified atom stereocenters. The van der Waals surface area contributed by atoms with Gasteiger partial charge in [-0.3, -0.25) is 4.79 Å². The first-order valence-electron chi connectivity index (χ1n) is 6.11. The molecule has 0 saturated heterocycles. The highest BCUT2D eigenvalue weighted by molar-refractivity contribution is 5.94. The molecule has 0 spiro atoms. The summed E-state index contributed by atoms with van der Waals surface area (Å²) in [5, 5.41) is 24.6. The van der Waals surface area contributed by atoms with E-state index in [2.05, 4.69) is 25.9 Å². The first-order valence-corrected chi connectivity index (χ1v) is 6.11. The number of nitrogens with one attached hydrogen (secondary N) is 2. The van der Waals surface area contributed by atoms with Gasteiger partial charge in [0.2, 0.25) is 0 Å². The highest BCUT2D eigenvalue weighted by Gasteiger charge is 2.14. The van der Waals surface area contributed by atoms with Crippen LogP contribution in [0.15, 0.2) is 30.3 Å². The molecule has 0 aliphatic rings. The minimum Gasteiger partial charge on any atom is -0.478 e. The van der Waals surface area contributed by atoms with Crippen molar-refractivity contribution in [3.8, 4) is 0 Å². The van der Waals surface area contributed by atoms with Crippen LogP contribution in [0.2, 0.25) is 0 Å². The van der Waals surface area contributed by atoms with Crippen molar-refractivity contribution in [3.63, 3.8) is 0 Å². The summed E-state index contributed by atoms with van der Waals surface area (Å²) in [6, 6.07) is 6.17. The molecule has 3 N–H and O–H groups in total. The Morgan fingerprint density at radius 3 is 2.62 bits per heavy atom. The van der Waals surface area contributed by atoms with Crippen molar-refractivity contribution in [1.29, 1.82) is 0 Å². The Kier molecular flexibility index (Phi) is 4.39. The molecule has 0 saturated carbocycles. The summed E-state index contributed by atoms with van der Waals surface area (Å²) >= 11 is 0. The van der Waals surface area contributed by atoms with Crippen molar-refractivity contribution in [2.75, 3.05) is 0 Å². The third-order valence-electron chi connectivity index (χ3n) is 2.69. The van der Waals surface area contributed by atoms with E-state index in [0.29, 0.717) is 17.0 Å². The number of rotatable bonds is 5. The first-order chi connectivity index (χ1) is 10.1. The molecule has 1 aromatic heterocycles. The van der Waals surface area contributed by atoms with Gasteiger partial charge in [-0.05, 0) is 30.7 Å². The lowest BCUT2D eigenvalue weighted by atomic mass is 10.1. The van der Waals surface area contributed by atoms with Crippen LogP contribution >= 0.6 is 0 Å². The SMILES string of the molecule is CC(NC(=O)c1ccc(C=CC(=O)O)cc1)c1nn[nH]n1. The molecule has 8 nitrogen and oxygen atoms in total. The lowest BCUT2D eigenvalue weighted by Gasteiger charge is -2.09. The zero-order chi connectivity index (χ0) is 15.2. The fraction of sp³-hybridized carbons (Fsp3) is 0.154. The van der Waals surface area contributed by atoms with Crippen LogP contribution in [0.4, 0.5) is 0 Å². The van der Waals surface area contributed by atoms with Gasteiger partial charge >= 0.3 is 5.97 Å². The lowest BCUT2D eigenvalue weighted by Crippen LogP contribution is -2.27. The van der Waals surface area contributed by atoms with Crippen LogP contribution in [0, 0.1) is 0 Å². The average molecular weight is 287 g/mol. The van der Waals surface area contributed by atoms with E-state index in [4.69, 9.17) is 5.11 Å². The first kappa shape index (κ1) is 14.4. The number of aromatic nitrogens is 4. The summed E-state index contributed by atoms with van der Waals surface area (Å²) in [6.07, 6.45) is 2.49. The molecule has 108 valence electrons. The Bertz CT molecular complexity index is 649. The summed E-state index contributed by atoms with van der Waals surface area (Å²) in [5.41, 5.74) is 1.15. The number of carbonyl (C=O) groups excluding carboxylic acids is 1. The molecule has 2 aromatic rings. The van der Waals surface area contributed by atoms with Crippen molar-refractivity contribution >= 4 is 18.0 Å². The third-order valence-corrected chi connectivity index (χ3v) is 2.69. The van der Waals surface area contributed by atoms with Crippen molar-refractivity contribution in [2.24, 2.45) is 0 Å². The minimum absolute atomic E-state index is 0.277. The number of aliphatic carboxylic acids is 1. The van der Waals surface area contributed by atoms with Gasteiger partial charge in [0, 0.05) is 11.6 Å². The quantitative estimate of drug-likeness (QED) is 0.699. The van der Waals surface area contributed by atoms with Gasteiger partial charge in [0.05, 0.1) is 6.04 Å². The number of nitrogens with zero attached hydrogens (tertiary/aromatic N) is 3. The predicted octanol–water partition coefficient (Wildman–Crippen LogP) is 0.788. The molecule has 0 aliphatic carbocycles. The van der Waals surface area contributed by atoms with E-state index < -0.39 is 5.97 Å². The maximum atomic E-state index is 12.0. The smallest absolute Gasteiger partial charge is 0.328 e. The maximum Gasteiger partial charge on any atom is 0.328 e. The molecule has 0 radical (unpaired) electrons. The molecule has 2 rings (SSSR count). The number of carbonyl (C=O) groups is 2. The number of hydrogen-bond acceptors (Lipinski definition) is 5. The third kappa shape index (κ3) is 3.96. The zero-order valence-corrected chi connectivity index (χ0v) is 11.1. The highest BCUT2D eigenvalue weighted by atomic mass is 16.4. The van der Waals surface area contributed by atoms with Crippen LogP contribution in [0.1, 0.15) is 34.7 Å². The fourth-order valence-electron chi connectivity index (χ4n) is 1.61. The van der Waals surface area contributed by atoms with E-state index in [1.54, 1.807) is 31.2 Å². The Labute approximate surface area is 119 Å². The van der Waals surface area contributed by atoms with Gasteiger partial charge in [0.15, 0.2) is 5.82 Å². The molecule has 0 aliphatic heterocycles. The van der Waals surface area contributed by atoms with Crippen LogP contribution < -0.4 is 5.32 Å². The van der Waals surface area contributed by atoms with Crippen molar-refractivity contribution in [3.05, 3.63) is 47.3 Å². The van der Waals surface area contributed by atoms with E-state index in [9.17, 15) is 9.59 Å². The Morgan fingerprint density at radius 1 is 1.33 bits per heavy atom. The van der Waals surface area contributed by atoms with Crippen molar-refractivity contribution in [1.82, 2.24) is 25.9 Å². The number of hydrogen-bond donors (Lipinski definition) is 3. The monoisotopic (exact) mass is 287 g/mol. The molecule has 1 aromatic carbocycles. The van der Waals surface area contributed by atoms with Crippen LogP contribution in [0.3, 0.4) is 0 Å². The number of H-pyrrole nitrogens is 1. The van der Waals surface area contributed by atoms with Gasteiger partial charge in [-0.15, -0.1) is 10.2 Å². The number of amides is 1. The summed E-state index contributed by atoms with van der Waals surface area (Å²) < 4.78 is 0. The maximum absolute atomic E-state index is 12.0. The summed E-state index contributed by atoms with van der Waals surface area (Å²) in [5.74, 6) is -0.906.